The first-order chi connectivity index (χ1) is 9.62. The molecule has 0 radical (unpaired) electrons. The van der Waals surface area contributed by atoms with E-state index in [9.17, 15) is 4.79 Å². The van der Waals surface area contributed by atoms with E-state index in [2.05, 4.69) is 36.2 Å². The van der Waals surface area contributed by atoms with Crippen molar-refractivity contribution in [2.75, 3.05) is 25.0 Å². The normalized spacial score (nSPS) is 22.9. The maximum absolute atomic E-state index is 12.1. The van der Waals surface area contributed by atoms with E-state index in [1.807, 2.05) is 12.1 Å². The molecule has 1 heterocycles. The predicted octanol–water partition coefficient (Wildman–Crippen LogP) is 1.86. The van der Waals surface area contributed by atoms with Gasteiger partial charge in [0.05, 0.1) is 6.54 Å². The van der Waals surface area contributed by atoms with Crippen molar-refractivity contribution in [3.05, 3.63) is 29.8 Å². The second-order valence-corrected chi connectivity index (χ2v) is 5.71. The maximum atomic E-state index is 12.1. The average Bonchev–Trinajstić information content (AvgIpc) is 2.80. The van der Waals surface area contributed by atoms with Crippen LogP contribution in [0.4, 0.5) is 5.69 Å². The third-order valence-corrected chi connectivity index (χ3v) is 4.12. The Labute approximate surface area is 121 Å². The first-order valence-electron chi connectivity index (χ1n) is 7.45. The lowest BCUT2D eigenvalue weighted by molar-refractivity contribution is -0.117. The molecule has 4 nitrogen and oxygen atoms in total. The number of hydrogen-bond donors (Lipinski definition) is 2. The van der Waals surface area contributed by atoms with E-state index < -0.39 is 0 Å². The van der Waals surface area contributed by atoms with Gasteiger partial charge < -0.3 is 11.1 Å². The van der Waals surface area contributed by atoms with Crippen LogP contribution in [0.15, 0.2) is 24.3 Å². The van der Waals surface area contributed by atoms with E-state index in [-0.39, 0.29) is 5.91 Å². The number of rotatable bonds is 5. The van der Waals surface area contributed by atoms with Crippen LogP contribution in [0.3, 0.4) is 0 Å². The van der Waals surface area contributed by atoms with Crippen molar-refractivity contribution in [3.8, 4) is 0 Å². The summed E-state index contributed by atoms with van der Waals surface area (Å²) in [4.78, 5) is 14.3. The Bertz CT molecular complexity index is 444. The van der Waals surface area contributed by atoms with E-state index in [0.717, 1.165) is 25.1 Å². The Morgan fingerprint density at radius 3 is 2.65 bits per heavy atom. The molecular formula is C16H25N3O. The molecule has 0 bridgehead atoms. The van der Waals surface area contributed by atoms with Crippen LogP contribution in [-0.2, 0) is 11.2 Å². The highest BCUT2D eigenvalue weighted by Crippen LogP contribution is 2.21. The SMILES string of the molecule is CCc1ccc(NC(=O)CN2CC(CN)CC2C)cc1. The van der Waals surface area contributed by atoms with Gasteiger partial charge in [-0.25, -0.2) is 0 Å². The number of anilines is 1. The molecule has 0 aliphatic carbocycles. The highest BCUT2D eigenvalue weighted by atomic mass is 16.2. The van der Waals surface area contributed by atoms with E-state index in [0.29, 0.717) is 25.0 Å². The van der Waals surface area contributed by atoms with Crippen LogP contribution in [0, 0.1) is 5.92 Å². The van der Waals surface area contributed by atoms with Crippen molar-refractivity contribution in [2.24, 2.45) is 11.7 Å². The number of nitrogens with zero attached hydrogens (tertiary/aromatic N) is 1. The van der Waals surface area contributed by atoms with Crippen LogP contribution in [0.1, 0.15) is 25.8 Å². The number of carbonyl (C=O) groups is 1. The first kappa shape index (κ1) is 15.0. The van der Waals surface area contributed by atoms with Gasteiger partial charge in [0.25, 0.3) is 0 Å². The summed E-state index contributed by atoms with van der Waals surface area (Å²) in [6.07, 6.45) is 2.11. The third-order valence-electron chi connectivity index (χ3n) is 4.12. The Hall–Kier alpha value is -1.39. The molecule has 0 spiro atoms. The van der Waals surface area contributed by atoms with Crippen molar-refractivity contribution < 1.29 is 4.79 Å². The molecule has 0 saturated carbocycles. The number of carbonyl (C=O) groups excluding carboxylic acids is 1. The molecule has 1 saturated heterocycles. The van der Waals surface area contributed by atoms with Crippen LogP contribution in [-0.4, -0.2) is 36.5 Å². The molecule has 2 atom stereocenters. The largest absolute Gasteiger partial charge is 0.330 e. The Morgan fingerprint density at radius 1 is 1.40 bits per heavy atom. The molecule has 110 valence electrons. The zero-order valence-electron chi connectivity index (χ0n) is 12.4. The van der Waals surface area contributed by atoms with Gasteiger partial charge >= 0.3 is 0 Å². The lowest BCUT2D eigenvalue weighted by atomic mass is 10.1. The molecule has 2 unspecified atom stereocenters. The predicted molar refractivity (Wildman–Crippen MR) is 82.6 cm³/mol. The van der Waals surface area contributed by atoms with Crippen molar-refractivity contribution in [3.63, 3.8) is 0 Å². The Balaban J connectivity index is 1.85. The number of amides is 1. The number of benzene rings is 1. The van der Waals surface area contributed by atoms with Gasteiger partial charge in [-0.1, -0.05) is 19.1 Å². The van der Waals surface area contributed by atoms with Crippen LogP contribution in [0.5, 0.6) is 0 Å². The molecule has 1 aliphatic heterocycles. The second kappa shape index (κ2) is 6.86. The van der Waals surface area contributed by atoms with Gasteiger partial charge in [-0.05, 0) is 49.9 Å². The molecule has 20 heavy (non-hydrogen) atoms. The van der Waals surface area contributed by atoms with Crippen LogP contribution in [0.2, 0.25) is 0 Å². The number of nitrogens with two attached hydrogens (primary N) is 1. The molecule has 1 fully saturated rings. The molecular weight excluding hydrogens is 250 g/mol. The van der Waals surface area contributed by atoms with Gasteiger partial charge in [-0.2, -0.15) is 0 Å². The number of nitrogens with one attached hydrogen (secondary N) is 1. The Kier molecular flexibility index (Phi) is 5.15. The average molecular weight is 275 g/mol. The minimum atomic E-state index is 0.0544. The van der Waals surface area contributed by atoms with Gasteiger partial charge in [0.2, 0.25) is 5.91 Å². The zero-order valence-corrected chi connectivity index (χ0v) is 12.4. The van der Waals surface area contributed by atoms with Gasteiger partial charge in [0, 0.05) is 18.3 Å². The van der Waals surface area contributed by atoms with Gasteiger partial charge in [0.1, 0.15) is 0 Å². The molecule has 1 aromatic rings. The summed E-state index contributed by atoms with van der Waals surface area (Å²) in [5, 5.41) is 2.96. The molecule has 1 aliphatic rings. The van der Waals surface area contributed by atoms with Gasteiger partial charge in [0.15, 0.2) is 0 Å². The van der Waals surface area contributed by atoms with Crippen LogP contribution >= 0.6 is 0 Å². The van der Waals surface area contributed by atoms with Crippen molar-refractivity contribution in [2.45, 2.75) is 32.7 Å². The quantitative estimate of drug-likeness (QED) is 0.862. The molecule has 1 amide bonds. The molecule has 2 rings (SSSR count). The van der Waals surface area contributed by atoms with Crippen molar-refractivity contribution >= 4 is 11.6 Å². The fourth-order valence-electron chi connectivity index (χ4n) is 2.82. The highest BCUT2D eigenvalue weighted by molar-refractivity contribution is 5.92. The molecule has 4 heteroatoms. The topological polar surface area (TPSA) is 58.4 Å². The fraction of sp³-hybridized carbons (Fsp3) is 0.562. The van der Waals surface area contributed by atoms with Crippen LogP contribution in [0.25, 0.3) is 0 Å². The first-order valence-corrected chi connectivity index (χ1v) is 7.45. The number of hydrogen-bond acceptors (Lipinski definition) is 3. The molecule has 0 aromatic heterocycles. The molecule has 3 N–H and O–H groups in total. The summed E-state index contributed by atoms with van der Waals surface area (Å²) >= 11 is 0. The lowest BCUT2D eigenvalue weighted by Gasteiger charge is -2.20. The summed E-state index contributed by atoms with van der Waals surface area (Å²) in [5.74, 6) is 0.584. The summed E-state index contributed by atoms with van der Waals surface area (Å²) in [7, 11) is 0. The number of aryl methyl sites for hydroxylation is 1. The third kappa shape index (κ3) is 3.81. The van der Waals surface area contributed by atoms with E-state index in [1.54, 1.807) is 0 Å². The highest BCUT2D eigenvalue weighted by Gasteiger charge is 2.29. The van der Waals surface area contributed by atoms with Crippen molar-refractivity contribution in [1.82, 2.24) is 4.90 Å². The summed E-state index contributed by atoms with van der Waals surface area (Å²) in [6.45, 7) is 6.38. The summed E-state index contributed by atoms with van der Waals surface area (Å²) in [6, 6.07) is 8.48. The van der Waals surface area contributed by atoms with Gasteiger partial charge in [-0.15, -0.1) is 0 Å². The summed E-state index contributed by atoms with van der Waals surface area (Å²) < 4.78 is 0. The maximum Gasteiger partial charge on any atom is 0.238 e. The summed E-state index contributed by atoms with van der Waals surface area (Å²) in [5.41, 5.74) is 7.86. The minimum absolute atomic E-state index is 0.0544. The minimum Gasteiger partial charge on any atom is -0.330 e. The van der Waals surface area contributed by atoms with E-state index >= 15 is 0 Å². The standard InChI is InChI=1S/C16H25N3O/c1-3-13-4-6-15(7-5-13)18-16(20)11-19-10-14(9-17)8-12(19)2/h4-7,12,14H,3,8-11,17H2,1-2H3,(H,18,20). The van der Waals surface area contributed by atoms with Gasteiger partial charge in [-0.3, -0.25) is 9.69 Å². The molecule has 1 aromatic carbocycles. The Morgan fingerprint density at radius 2 is 2.10 bits per heavy atom. The van der Waals surface area contributed by atoms with E-state index in [1.165, 1.54) is 5.56 Å². The monoisotopic (exact) mass is 275 g/mol. The smallest absolute Gasteiger partial charge is 0.238 e. The zero-order chi connectivity index (χ0) is 14.5. The second-order valence-electron chi connectivity index (χ2n) is 5.71. The van der Waals surface area contributed by atoms with E-state index in [4.69, 9.17) is 5.73 Å². The lowest BCUT2D eigenvalue weighted by Crippen LogP contribution is -2.36. The van der Waals surface area contributed by atoms with Crippen LogP contribution < -0.4 is 11.1 Å². The number of likely N-dealkylation sites (tertiary alicyclic amines) is 1. The fourth-order valence-corrected chi connectivity index (χ4v) is 2.82. The van der Waals surface area contributed by atoms with Crippen molar-refractivity contribution in [1.29, 1.82) is 0 Å².